The quantitative estimate of drug-likeness (QED) is 0.746. The van der Waals surface area contributed by atoms with Gasteiger partial charge in [0.1, 0.15) is 5.82 Å². The van der Waals surface area contributed by atoms with Crippen molar-refractivity contribution < 1.29 is 9.90 Å². The van der Waals surface area contributed by atoms with Crippen molar-refractivity contribution in [2.45, 2.75) is 27.2 Å². The number of carboxylic acid groups (broad SMARTS) is 1. The number of carboxylic acids is 1. The molecule has 0 aromatic carbocycles. The van der Waals surface area contributed by atoms with Gasteiger partial charge in [-0.05, 0) is 13.8 Å². The fraction of sp³-hybridized carbons (Fsp3) is 0.444. The van der Waals surface area contributed by atoms with Gasteiger partial charge in [-0.15, -0.1) is 0 Å². The summed E-state index contributed by atoms with van der Waals surface area (Å²) in [7, 11) is 0. The fourth-order valence-corrected chi connectivity index (χ4v) is 1.05. The lowest BCUT2D eigenvalue weighted by Crippen LogP contribution is -2.09. The van der Waals surface area contributed by atoms with Crippen molar-refractivity contribution >= 4 is 5.97 Å². The number of aromatic carboxylic acids is 1. The zero-order valence-electron chi connectivity index (χ0n) is 7.96. The fourth-order valence-electron chi connectivity index (χ4n) is 1.05. The van der Waals surface area contributed by atoms with Crippen LogP contribution in [0.3, 0.4) is 0 Å². The Kier molecular flexibility index (Phi) is 2.60. The van der Waals surface area contributed by atoms with Gasteiger partial charge in [-0.1, -0.05) is 6.92 Å². The summed E-state index contributed by atoms with van der Waals surface area (Å²) < 4.78 is 0. The number of aryl methyl sites for hydroxylation is 2. The van der Waals surface area contributed by atoms with Crippen molar-refractivity contribution in [2.75, 3.05) is 0 Å². The Balaban J connectivity index is 3.33. The third kappa shape index (κ3) is 1.83. The minimum atomic E-state index is -0.988. The number of hydrogen-bond donors (Lipinski definition) is 1. The van der Waals surface area contributed by atoms with Crippen LogP contribution in [0.1, 0.15) is 34.5 Å². The third-order valence-electron chi connectivity index (χ3n) is 1.95. The Morgan fingerprint density at radius 3 is 2.46 bits per heavy atom. The van der Waals surface area contributed by atoms with E-state index in [9.17, 15) is 4.79 Å². The Bertz CT molecular complexity index is 348. The highest BCUT2D eigenvalue weighted by Gasteiger charge is 2.12. The second kappa shape index (κ2) is 3.51. The highest BCUT2D eigenvalue weighted by molar-refractivity contribution is 5.87. The molecule has 0 aliphatic rings. The van der Waals surface area contributed by atoms with Gasteiger partial charge in [0, 0.05) is 17.7 Å². The molecule has 0 radical (unpaired) electrons. The average Bonchev–Trinajstić information content (AvgIpc) is 2.09. The first-order valence-corrected chi connectivity index (χ1v) is 4.13. The summed E-state index contributed by atoms with van der Waals surface area (Å²) in [5.41, 5.74) is 1.50. The van der Waals surface area contributed by atoms with Crippen LogP contribution in [0.25, 0.3) is 0 Å². The normalized spacial score (nSPS) is 10.1. The summed E-state index contributed by atoms with van der Waals surface area (Å²) in [4.78, 5) is 18.9. The second-order valence-corrected chi connectivity index (χ2v) is 2.86. The van der Waals surface area contributed by atoms with Crippen LogP contribution < -0.4 is 0 Å². The van der Waals surface area contributed by atoms with Gasteiger partial charge in [0.25, 0.3) is 0 Å². The van der Waals surface area contributed by atoms with E-state index < -0.39 is 5.97 Å². The molecule has 0 aliphatic carbocycles. The Labute approximate surface area is 76.7 Å². The van der Waals surface area contributed by atoms with Gasteiger partial charge in [0.15, 0.2) is 5.69 Å². The minimum Gasteiger partial charge on any atom is -0.477 e. The van der Waals surface area contributed by atoms with Crippen LogP contribution in [0, 0.1) is 13.8 Å². The van der Waals surface area contributed by atoms with Crippen LogP contribution >= 0.6 is 0 Å². The van der Waals surface area contributed by atoms with Crippen LogP contribution in [-0.4, -0.2) is 21.0 Å². The Morgan fingerprint density at radius 2 is 2.00 bits per heavy atom. The molecule has 70 valence electrons. The summed E-state index contributed by atoms with van der Waals surface area (Å²) in [6.45, 7) is 5.41. The summed E-state index contributed by atoms with van der Waals surface area (Å²) in [6.07, 6.45) is 0.654. The molecule has 0 fully saturated rings. The van der Waals surface area contributed by atoms with Gasteiger partial charge < -0.3 is 5.11 Å². The summed E-state index contributed by atoms with van der Waals surface area (Å²) in [5, 5.41) is 8.82. The highest BCUT2D eigenvalue weighted by atomic mass is 16.4. The summed E-state index contributed by atoms with van der Waals surface area (Å²) >= 11 is 0. The van der Waals surface area contributed by atoms with E-state index in [0.717, 1.165) is 5.69 Å². The van der Waals surface area contributed by atoms with E-state index in [4.69, 9.17) is 5.11 Å². The molecule has 1 N–H and O–H groups in total. The largest absolute Gasteiger partial charge is 0.477 e. The van der Waals surface area contributed by atoms with Crippen LogP contribution in [0.5, 0.6) is 0 Å². The van der Waals surface area contributed by atoms with Gasteiger partial charge in [-0.25, -0.2) is 14.8 Å². The maximum Gasteiger partial charge on any atom is 0.354 e. The van der Waals surface area contributed by atoms with E-state index in [-0.39, 0.29) is 5.69 Å². The van der Waals surface area contributed by atoms with Crippen LogP contribution in [-0.2, 0) is 6.42 Å². The average molecular weight is 180 g/mol. The standard InChI is InChI=1S/C9H12N2O2/c1-4-7-10-6(3)5(2)8(11-7)9(12)13/h4H2,1-3H3,(H,12,13). The third-order valence-corrected chi connectivity index (χ3v) is 1.95. The van der Waals surface area contributed by atoms with Gasteiger partial charge >= 0.3 is 5.97 Å². The topological polar surface area (TPSA) is 63.1 Å². The van der Waals surface area contributed by atoms with Crippen LogP contribution in [0.15, 0.2) is 0 Å². The first-order valence-electron chi connectivity index (χ1n) is 4.13. The van der Waals surface area contributed by atoms with Crippen molar-refractivity contribution in [1.29, 1.82) is 0 Å². The van der Waals surface area contributed by atoms with Crippen LogP contribution in [0.4, 0.5) is 0 Å². The summed E-state index contributed by atoms with van der Waals surface area (Å²) in [5.74, 6) is -0.404. The number of carbonyl (C=O) groups is 1. The zero-order valence-corrected chi connectivity index (χ0v) is 7.96. The van der Waals surface area contributed by atoms with Crippen LogP contribution in [0.2, 0.25) is 0 Å². The monoisotopic (exact) mass is 180 g/mol. The molecule has 0 spiro atoms. The molecule has 1 heterocycles. The number of rotatable bonds is 2. The lowest BCUT2D eigenvalue weighted by molar-refractivity contribution is 0.0689. The number of aromatic nitrogens is 2. The van der Waals surface area contributed by atoms with Crippen molar-refractivity contribution in [3.8, 4) is 0 Å². The van der Waals surface area contributed by atoms with Gasteiger partial charge in [0.2, 0.25) is 0 Å². The molecule has 0 saturated carbocycles. The predicted octanol–water partition coefficient (Wildman–Crippen LogP) is 1.35. The molecule has 1 aromatic rings. The molecule has 0 unspecified atom stereocenters. The molecule has 0 bridgehead atoms. The van der Waals surface area contributed by atoms with Crippen molar-refractivity contribution in [2.24, 2.45) is 0 Å². The Hall–Kier alpha value is -1.45. The molecule has 4 nitrogen and oxygen atoms in total. The first-order chi connectivity index (χ1) is 6.06. The van der Waals surface area contributed by atoms with Gasteiger partial charge in [-0.2, -0.15) is 0 Å². The smallest absolute Gasteiger partial charge is 0.354 e. The van der Waals surface area contributed by atoms with E-state index >= 15 is 0 Å². The van der Waals surface area contributed by atoms with Gasteiger partial charge in [0.05, 0.1) is 0 Å². The molecule has 1 rings (SSSR count). The molecular formula is C9H12N2O2. The summed E-state index contributed by atoms with van der Waals surface area (Å²) in [6, 6.07) is 0. The molecule has 13 heavy (non-hydrogen) atoms. The lowest BCUT2D eigenvalue weighted by atomic mass is 10.2. The van der Waals surface area contributed by atoms with E-state index in [0.29, 0.717) is 17.8 Å². The van der Waals surface area contributed by atoms with Crippen molar-refractivity contribution in [3.05, 3.63) is 22.8 Å². The van der Waals surface area contributed by atoms with E-state index in [2.05, 4.69) is 9.97 Å². The molecule has 0 aliphatic heterocycles. The maximum atomic E-state index is 10.8. The molecule has 0 amide bonds. The van der Waals surface area contributed by atoms with Gasteiger partial charge in [-0.3, -0.25) is 0 Å². The maximum absolute atomic E-state index is 10.8. The molecule has 1 aromatic heterocycles. The lowest BCUT2D eigenvalue weighted by Gasteiger charge is -2.05. The van der Waals surface area contributed by atoms with E-state index in [1.165, 1.54) is 0 Å². The minimum absolute atomic E-state index is 0.115. The molecular weight excluding hydrogens is 168 g/mol. The van der Waals surface area contributed by atoms with E-state index in [1.807, 2.05) is 6.92 Å². The Morgan fingerprint density at radius 1 is 1.38 bits per heavy atom. The van der Waals surface area contributed by atoms with Crippen molar-refractivity contribution in [1.82, 2.24) is 9.97 Å². The number of nitrogens with zero attached hydrogens (tertiary/aromatic N) is 2. The predicted molar refractivity (Wildman–Crippen MR) is 47.8 cm³/mol. The second-order valence-electron chi connectivity index (χ2n) is 2.86. The molecule has 0 atom stereocenters. The first kappa shape index (κ1) is 9.64. The number of hydrogen-bond acceptors (Lipinski definition) is 3. The van der Waals surface area contributed by atoms with Crippen molar-refractivity contribution in [3.63, 3.8) is 0 Å². The van der Waals surface area contributed by atoms with E-state index in [1.54, 1.807) is 13.8 Å². The molecule has 4 heteroatoms. The zero-order chi connectivity index (χ0) is 10.0. The highest BCUT2D eigenvalue weighted by Crippen LogP contribution is 2.09. The SMILES string of the molecule is CCc1nc(C)c(C)c(C(=O)O)n1. The molecule has 0 saturated heterocycles.